The van der Waals surface area contributed by atoms with Crippen molar-refractivity contribution < 1.29 is 19.1 Å². The van der Waals surface area contributed by atoms with Gasteiger partial charge in [0.25, 0.3) is 0 Å². The Morgan fingerprint density at radius 3 is 2.68 bits per heavy atom. The highest BCUT2D eigenvalue weighted by Gasteiger charge is 2.18. The first-order valence-corrected chi connectivity index (χ1v) is 5.61. The summed E-state index contributed by atoms with van der Waals surface area (Å²) in [5.74, 6) is -0.927. The molecule has 2 aromatic rings. The third-order valence-electron chi connectivity index (χ3n) is 2.62. The second-order valence-electron chi connectivity index (χ2n) is 3.96. The van der Waals surface area contributed by atoms with Gasteiger partial charge >= 0.3 is 5.97 Å². The van der Waals surface area contributed by atoms with Gasteiger partial charge in [-0.1, -0.05) is 0 Å². The summed E-state index contributed by atoms with van der Waals surface area (Å²) in [5.41, 5.74) is 0.0667. The van der Waals surface area contributed by atoms with Crippen LogP contribution in [0.15, 0.2) is 41.1 Å². The number of aromatic carboxylic acids is 1. The van der Waals surface area contributed by atoms with E-state index in [2.05, 4.69) is 10.3 Å². The van der Waals surface area contributed by atoms with Crippen molar-refractivity contribution in [2.75, 3.05) is 5.32 Å². The SMILES string of the molecule is CC(C(=O)Nc1ccc(C(=O)O)cn1)c1ccco1. The lowest BCUT2D eigenvalue weighted by Crippen LogP contribution is -2.19. The molecule has 6 nitrogen and oxygen atoms in total. The van der Waals surface area contributed by atoms with Crippen LogP contribution < -0.4 is 5.32 Å². The van der Waals surface area contributed by atoms with E-state index in [0.717, 1.165) is 0 Å². The van der Waals surface area contributed by atoms with Gasteiger partial charge < -0.3 is 14.8 Å². The summed E-state index contributed by atoms with van der Waals surface area (Å²) in [6, 6.07) is 6.24. The fourth-order valence-electron chi connectivity index (χ4n) is 1.50. The second-order valence-corrected chi connectivity index (χ2v) is 3.96. The fourth-order valence-corrected chi connectivity index (χ4v) is 1.50. The van der Waals surface area contributed by atoms with Crippen LogP contribution >= 0.6 is 0 Å². The zero-order chi connectivity index (χ0) is 13.8. The summed E-state index contributed by atoms with van der Waals surface area (Å²) < 4.78 is 5.15. The number of carboxylic acids is 1. The van der Waals surface area contributed by atoms with E-state index in [0.29, 0.717) is 11.6 Å². The van der Waals surface area contributed by atoms with E-state index in [9.17, 15) is 9.59 Å². The third kappa shape index (κ3) is 2.98. The number of pyridine rings is 1. The lowest BCUT2D eigenvalue weighted by Gasteiger charge is -2.09. The number of furan rings is 1. The number of anilines is 1. The molecule has 0 bridgehead atoms. The molecule has 1 unspecified atom stereocenters. The Kier molecular flexibility index (Phi) is 3.61. The van der Waals surface area contributed by atoms with Gasteiger partial charge in [-0.05, 0) is 31.2 Å². The van der Waals surface area contributed by atoms with Gasteiger partial charge in [-0.2, -0.15) is 0 Å². The summed E-state index contributed by atoms with van der Waals surface area (Å²) in [5, 5.41) is 11.3. The molecule has 1 amide bonds. The molecule has 0 aromatic carbocycles. The predicted molar refractivity (Wildman–Crippen MR) is 66.9 cm³/mol. The van der Waals surface area contributed by atoms with Gasteiger partial charge in [0.15, 0.2) is 0 Å². The van der Waals surface area contributed by atoms with Crippen molar-refractivity contribution >= 4 is 17.7 Å². The van der Waals surface area contributed by atoms with Crippen molar-refractivity contribution in [3.63, 3.8) is 0 Å². The number of hydrogen-bond acceptors (Lipinski definition) is 4. The molecule has 0 saturated heterocycles. The zero-order valence-corrected chi connectivity index (χ0v) is 10.2. The van der Waals surface area contributed by atoms with E-state index in [1.54, 1.807) is 19.1 Å². The number of hydrogen-bond donors (Lipinski definition) is 2. The molecule has 0 aliphatic heterocycles. The van der Waals surface area contributed by atoms with Crippen LogP contribution in [0.4, 0.5) is 5.82 Å². The molecule has 0 fully saturated rings. The maximum Gasteiger partial charge on any atom is 0.337 e. The monoisotopic (exact) mass is 260 g/mol. The van der Waals surface area contributed by atoms with Crippen LogP contribution in [0, 0.1) is 0 Å². The Morgan fingerprint density at radius 2 is 2.16 bits per heavy atom. The first-order chi connectivity index (χ1) is 9.08. The summed E-state index contributed by atoms with van der Waals surface area (Å²) in [6.45, 7) is 1.71. The number of carboxylic acid groups (broad SMARTS) is 1. The van der Waals surface area contributed by atoms with E-state index in [-0.39, 0.29) is 11.5 Å². The smallest absolute Gasteiger partial charge is 0.337 e. The number of nitrogens with one attached hydrogen (secondary N) is 1. The van der Waals surface area contributed by atoms with E-state index < -0.39 is 11.9 Å². The average Bonchev–Trinajstić information content (AvgIpc) is 2.92. The summed E-state index contributed by atoms with van der Waals surface area (Å²) in [6.07, 6.45) is 2.69. The Labute approximate surface area is 109 Å². The van der Waals surface area contributed by atoms with Crippen molar-refractivity contribution in [2.24, 2.45) is 0 Å². The van der Waals surface area contributed by atoms with E-state index >= 15 is 0 Å². The maximum atomic E-state index is 11.9. The number of amides is 1. The Balaban J connectivity index is 2.04. The van der Waals surface area contributed by atoms with Crippen molar-refractivity contribution in [3.8, 4) is 0 Å². The number of aromatic nitrogens is 1. The van der Waals surface area contributed by atoms with Crippen LogP contribution in [0.25, 0.3) is 0 Å². The van der Waals surface area contributed by atoms with E-state index in [1.165, 1.54) is 24.6 Å². The van der Waals surface area contributed by atoms with E-state index in [1.807, 2.05) is 0 Å². The molecule has 0 radical (unpaired) electrons. The minimum Gasteiger partial charge on any atom is -0.478 e. The summed E-state index contributed by atoms with van der Waals surface area (Å²) in [4.78, 5) is 26.4. The number of carbonyl (C=O) groups excluding carboxylic acids is 1. The van der Waals surface area contributed by atoms with Crippen LogP contribution in [0.3, 0.4) is 0 Å². The van der Waals surface area contributed by atoms with Crippen LogP contribution in [-0.2, 0) is 4.79 Å². The average molecular weight is 260 g/mol. The lowest BCUT2D eigenvalue weighted by molar-refractivity contribution is -0.117. The molecule has 98 valence electrons. The molecule has 0 aliphatic rings. The van der Waals surface area contributed by atoms with Crippen molar-refractivity contribution in [1.82, 2.24) is 4.98 Å². The van der Waals surface area contributed by atoms with Gasteiger partial charge in [-0.25, -0.2) is 9.78 Å². The van der Waals surface area contributed by atoms with Gasteiger partial charge in [0, 0.05) is 6.20 Å². The van der Waals surface area contributed by atoms with Crippen molar-refractivity contribution in [2.45, 2.75) is 12.8 Å². The molecule has 0 saturated carbocycles. The second kappa shape index (κ2) is 5.34. The molecular formula is C13H12N2O4. The minimum atomic E-state index is -1.06. The Morgan fingerprint density at radius 1 is 1.37 bits per heavy atom. The number of rotatable bonds is 4. The van der Waals surface area contributed by atoms with E-state index in [4.69, 9.17) is 9.52 Å². The molecule has 1 atom stereocenters. The Hall–Kier alpha value is -2.63. The molecule has 0 spiro atoms. The number of nitrogens with zero attached hydrogens (tertiary/aromatic N) is 1. The molecule has 2 N–H and O–H groups in total. The molecule has 6 heteroatoms. The maximum absolute atomic E-state index is 11.9. The van der Waals surface area contributed by atoms with Gasteiger partial charge in [-0.15, -0.1) is 0 Å². The lowest BCUT2D eigenvalue weighted by atomic mass is 10.1. The first-order valence-electron chi connectivity index (χ1n) is 5.61. The van der Waals surface area contributed by atoms with Gasteiger partial charge in [0.05, 0.1) is 17.7 Å². The normalized spacial score (nSPS) is 11.8. The highest BCUT2D eigenvalue weighted by molar-refractivity contribution is 5.94. The quantitative estimate of drug-likeness (QED) is 0.878. The summed E-state index contributed by atoms with van der Waals surface area (Å²) in [7, 11) is 0. The molecule has 0 aliphatic carbocycles. The highest BCUT2D eigenvalue weighted by atomic mass is 16.4. The largest absolute Gasteiger partial charge is 0.478 e. The highest BCUT2D eigenvalue weighted by Crippen LogP contribution is 2.17. The molecule has 2 aromatic heterocycles. The fraction of sp³-hybridized carbons (Fsp3) is 0.154. The van der Waals surface area contributed by atoms with Crippen LogP contribution in [0.5, 0.6) is 0 Å². The van der Waals surface area contributed by atoms with Gasteiger partial charge in [-0.3, -0.25) is 4.79 Å². The van der Waals surface area contributed by atoms with Crippen LogP contribution in [0.1, 0.15) is 29.0 Å². The molecule has 19 heavy (non-hydrogen) atoms. The van der Waals surface area contributed by atoms with Crippen molar-refractivity contribution in [3.05, 3.63) is 48.0 Å². The number of carbonyl (C=O) groups is 2. The van der Waals surface area contributed by atoms with Crippen molar-refractivity contribution in [1.29, 1.82) is 0 Å². The topological polar surface area (TPSA) is 92.4 Å². The summed E-state index contributed by atoms with van der Waals surface area (Å²) >= 11 is 0. The van der Waals surface area contributed by atoms with Crippen LogP contribution in [-0.4, -0.2) is 22.0 Å². The van der Waals surface area contributed by atoms with Gasteiger partial charge in [0.2, 0.25) is 5.91 Å². The standard InChI is InChI=1S/C13H12N2O4/c1-8(10-3-2-6-19-10)12(16)15-11-5-4-9(7-14-11)13(17)18/h2-8H,1H3,(H,17,18)(H,14,15,16). The van der Waals surface area contributed by atoms with Gasteiger partial charge in [0.1, 0.15) is 11.6 Å². The first kappa shape index (κ1) is 12.8. The molecule has 2 heterocycles. The third-order valence-corrected chi connectivity index (χ3v) is 2.62. The molecular weight excluding hydrogens is 248 g/mol. The van der Waals surface area contributed by atoms with Crippen LogP contribution in [0.2, 0.25) is 0 Å². The zero-order valence-electron chi connectivity index (χ0n) is 10.2. The molecule has 2 rings (SSSR count). The Bertz CT molecular complexity index is 575. The predicted octanol–water partition coefficient (Wildman–Crippen LogP) is 2.12. The minimum absolute atomic E-state index is 0.0667.